The van der Waals surface area contributed by atoms with Crippen molar-refractivity contribution in [2.75, 3.05) is 0 Å². The van der Waals surface area contributed by atoms with Gasteiger partial charge in [-0.1, -0.05) is 11.6 Å². The lowest BCUT2D eigenvalue weighted by Gasteiger charge is -2.11. The van der Waals surface area contributed by atoms with Crippen LogP contribution in [0.2, 0.25) is 5.02 Å². The van der Waals surface area contributed by atoms with Crippen LogP contribution in [-0.2, 0) is 6.42 Å². The van der Waals surface area contributed by atoms with Crippen LogP contribution in [0.25, 0.3) is 0 Å². The molecule has 0 unspecified atom stereocenters. The first-order valence-electron chi connectivity index (χ1n) is 4.54. The summed E-state index contributed by atoms with van der Waals surface area (Å²) in [5.41, 5.74) is 4.97. The molecule has 0 radical (unpaired) electrons. The minimum Gasteiger partial charge on any atom is -0.325 e. The molecule has 0 saturated heterocycles. The van der Waals surface area contributed by atoms with E-state index < -0.39 is 28.0 Å². The Morgan fingerprint density at radius 3 is 2.40 bits per heavy atom. The standard InChI is InChI=1S/C10H9ClF3N/c11-8-7(13)3-6(12)5(9(8)14)4-10(15)1-2-10/h3H,1-2,4,15H2. The molecule has 0 bridgehead atoms. The first-order chi connectivity index (χ1) is 6.93. The first-order valence-corrected chi connectivity index (χ1v) is 4.91. The molecule has 0 aliphatic heterocycles. The smallest absolute Gasteiger partial charge is 0.150 e. The van der Waals surface area contributed by atoms with Crippen LogP contribution in [0.4, 0.5) is 13.2 Å². The van der Waals surface area contributed by atoms with Crippen molar-refractivity contribution in [3.05, 3.63) is 34.1 Å². The van der Waals surface area contributed by atoms with Crippen molar-refractivity contribution in [3.63, 3.8) is 0 Å². The zero-order valence-electron chi connectivity index (χ0n) is 7.79. The van der Waals surface area contributed by atoms with Gasteiger partial charge in [-0.15, -0.1) is 0 Å². The van der Waals surface area contributed by atoms with Gasteiger partial charge in [0.1, 0.15) is 16.7 Å². The Labute approximate surface area is 90.0 Å². The molecule has 15 heavy (non-hydrogen) atoms. The van der Waals surface area contributed by atoms with Crippen LogP contribution in [-0.4, -0.2) is 5.54 Å². The predicted molar refractivity (Wildman–Crippen MR) is 51.2 cm³/mol. The third-order valence-corrected chi connectivity index (χ3v) is 2.98. The van der Waals surface area contributed by atoms with Crippen LogP contribution < -0.4 is 5.73 Å². The lowest BCUT2D eigenvalue weighted by atomic mass is 10.0. The van der Waals surface area contributed by atoms with Crippen molar-refractivity contribution in [1.29, 1.82) is 0 Å². The van der Waals surface area contributed by atoms with Gasteiger partial charge in [-0.05, 0) is 19.3 Å². The van der Waals surface area contributed by atoms with Crippen LogP contribution >= 0.6 is 11.6 Å². The molecular weight excluding hydrogens is 227 g/mol. The minimum atomic E-state index is -1.09. The molecule has 1 saturated carbocycles. The van der Waals surface area contributed by atoms with E-state index in [1.807, 2.05) is 0 Å². The van der Waals surface area contributed by atoms with E-state index in [1.54, 1.807) is 0 Å². The maximum Gasteiger partial charge on any atom is 0.150 e. The lowest BCUT2D eigenvalue weighted by Crippen LogP contribution is -2.25. The highest BCUT2D eigenvalue weighted by molar-refractivity contribution is 6.30. The zero-order chi connectivity index (χ0) is 11.2. The molecule has 82 valence electrons. The molecule has 0 atom stereocenters. The molecule has 0 amide bonds. The topological polar surface area (TPSA) is 26.0 Å². The Bertz CT molecular complexity index is 416. The zero-order valence-corrected chi connectivity index (χ0v) is 8.54. The van der Waals surface area contributed by atoms with Crippen LogP contribution in [0.15, 0.2) is 6.07 Å². The van der Waals surface area contributed by atoms with Crippen LogP contribution in [0, 0.1) is 17.5 Å². The maximum atomic E-state index is 13.4. The van der Waals surface area contributed by atoms with Gasteiger partial charge in [0.05, 0.1) is 0 Å². The second-order valence-electron chi connectivity index (χ2n) is 3.99. The van der Waals surface area contributed by atoms with E-state index >= 15 is 0 Å². The largest absolute Gasteiger partial charge is 0.325 e. The van der Waals surface area contributed by atoms with Crippen molar-refractivity contribution in [2.45, 2.75) is 24.8 Å². The monoisotopic (exact) mass is 235 g/mol. The molecule has 1 aromatic rings. The Hall–Kier alpha value is -0.740. The molecule has 1 aliphatic carbocycles. The van der Waals surface area contributed by atoms with E-state index in [4.69, 9.17) is 17.3 Å². The Kier molecular flexibility index (Phi) is 2.43. The van der Waals surface area contributed by atoms with E-state index in [2.05, 4.69) is 0 Å². The van der Waals surface area contributed by atoms with E-state index in [9.17, 15) is 13.2 Å². The van der Waals surface area contributed by atoms with Gasteiger partial charge in [0.2, 0.25) is 0 Å². The summed E-state index contributed by atoms with van der Waals surface area (Å²) in [6.07, 6.45) is 1.51. The third-order valence-electron chi connectivity index (χ3n) is 2.63. The van der Waals surface area contributed by atoms with E-state index in [0.29, 0.717) is 6.07 Å². The third kappa shape index (κ3) is 1.96. The van der Waals surface area contributed by atoms with Crippen molar-refractivity contribution in [3.8, 4) is 0 Å². The van der Waals surface area contributed by atoms with Crippen LogP contribution in [0.3, 0.4) is 0 Å². The molecule has 1 aliphatic rings. The second-order valence-corrected chi connectivity index (χ2v) is 4.36. The van der Waals surface area contributed by atoms with Crippen LogP contribution in [0.1, 0.15) is 18.4 Å². The van der Waals surface area contributed by atoms with Gasteiger partial charge in [-0.25, -0.2) is 13.2 Å². The Morgan fingerprint density at radius 1 is 1.27 bits per heavy atom. The number of hydrogen-bond acceptors (Lipinski definition) is 1. The fourth-order valence-corrected chi connectivity index (χ4v) is 1.62. The van der Waals surface area contributed by atoms with Gasteiger partial charge in [-0.2, -0.15) is 0 Å². The molecule has 0 spiro atoms. The highest BCUT2D eigenvalue weighted by Crippen LogP contribution is 2.38. The molecule has 0 heterocycles. The summed E-state index contributed by atoms with van der Waals surface area (Å²) in [6.45, 7) is 0. The second kappa shape index (κ2) is 3.39. The van der Waals surface area contributed by atoms with Crippen molar-refractivity contribution in [2.24, 2.45) is 5.73 Å². The Balaban J connectivity index is 2.41. The SMILES string of the molecule is NC1(Cc2c(F)cc(F)c(Cl)c2F)CC1. The summed E-state index contributed by atoms with van der Waals surface area (Å²) in [7, 11) is 0. The van der Waals surface area contributed by atoms with Crippen molar-refractivity contribution < 1.29 is 13.2 Å². The van der Waals surface area contributed by atoms with Gasteiger partial charge in [0.15, 0.2) is 5.82 Å². The van der Waals surface area contributed by atoms with E-state index in [1.165, 1.54) is 0 Å². The molecule has 2 rings (SSSR count). The number of halogens is 4. The number of nitrogens with two attached hydrogens (primary N) is 1. The average molecular weight is 236 g/mol. The molecule has 2 N–H and O–H groups in total. The number of hydrogen-bond donors (Lipinski definition) is 1. The molecule has 1 aromatic carbocycles. The summed E-state index contributed by atoms with van der Waals surface area (Å²) in [5.74, 6) is -3.05. The lowest BCUT2D eigenvalue weighted by molar-refractivity contribution is 0.508. The maximum absolute atomic E-state index is 13.4. The molecule has 1 fully saturated rings. The van der Waals surface area contributed by atoms with Gasteiger partial charge >= 0.3 is 0 Å². The van der Waals surface area contributed by atoms with Gasteiger partial charge in [-0.3, -0.25) is 0 Å². The molecule has 5 heteroatoms. The summed E-state index contributed by atoms with van der Waals surface area (Å²) < 4.78 is 39.5. The average Bonchev–Trinajstić information content (AvgIpc) is 2.89. The van der Waals surface area contributed by atoms with E-state index in [0.717, 1.165) is 12.8 Å². The fraction of sp³-hybridized carbons (Fsp3) is 0.400. The normalized spacial score (nSPS) is 17.9. The Morgan fingerprint density at radius 2 is 1.87 bits per heavy atom. The predicted octanol–water partition coefficient (Wildman–Crippen LogP) is 2.79. The molecule has 1 nitrogen and oxygen atoms in total. The highest BCUT2D eigenvalue weighted by atomic mass is 35.5. The number of benzene rings is 1. The molecule has 0 aromatic heterocycles. The summed E-state index contributed by atoms with van der Waals surface area (Å²) in [4.78, 5) is 0. The van der Waals surface area contributed by atoms with Crippen LogP contribution in [0.5, 0.6) is 0 Å². The summed E-state index contributed by atoms with van der Waals surface area (Å²) >= 11 is 5.35. The van der Waals surface area contributed by atoms with Crippen molar-refractivity contribution in [1.82, 2.24) is 0 Å². The molecular formula is C10H9ClF3N. The summed E-state index contributed by atoms with van der Waals surface area (Å²) in [5, 5.41) is -0.671. The highest BCUT2D eigenvalue weighted by Gasteiger charge is 2.40. The van der Waals surface area contributed by atoms with Crippen molar-refractivity contribution >= 4 is 11.6 Å². The number of rotatable bonds is 2. The fourth-order valence-electron chi connectivity index (χ4n) is 1.46. The quantitative estimate of drug-likeness (QED) is 0.619. The van der Waals surface area contributed by atoms with E-state index in [-0.39, 0.29) is 12.0 Å². The minimum absolute atomic E-state index is 0.0602. The van der Waals surface area contributed by atoms with Gasteiger partial charge in [0, 0.05) is 17.2 Å². The summed E-state index contributed by atoms with van der Waals surface area (Å²) in [6, 6.07) is 0.590. The van der Waals surface area contributed by atoms with Gasteiger partial charge < -0.3 is 5.73 Å². The van der Waals surface area contributed by atoms with Gasteiger partial charge in [0.25, 0.3) is 0 Å². The first kappa shape index (κ1) is 10.8.